The van der Waals surface area contributed by atoms with Gasteiger partial charge in [0.1, 0.15) is 5.82 Å². The maximum Gasteiger partial charge on any atom is 0.255 e. The van der Waals surface area contributed by atoms with E-state index in [-0.39, 0.29) is 33.9 Å². The van der Waals surface area contributed by atoms with Crippen LogP contribution in [0, 0.1) is 12.7 Å². The van der Waals surface area contributed by atoms with E-state index in [9.17, 15) is 17.6 Å². The van der Waals surface area contributed by atoms with Crippen LogP contribution in [0.2, 0.25) is 0 Å². The van der Waals surface area contributed by atoms with Gasteiger partial charge in [0.15, 0.2) is 18.1 Å². The standard InChI is InChI=1S/C27H33FN6O4S/c1-16-20(28)10-18(11-24(16)34(30)15-21(29)17-8-7-9-31-14-17)26(35)32-22-12-19(27(2,3)4)13-23(25(22)38-5)33-39(6,36)37/h7-15,33H,29-30H2,1-6H3,(H,32,35)/p+1/b21-15-. The van der Waals surface area contributed by atoms with Gasteiger partial charge in [-0.1, -0.05) is 20.8 Å². The number of anilines is 3. The lowest BCUT2D eigenvalue weighted by molar-refractivity contribution is -0.378. The molecule has 0 atom stereocenters. The number of aromatic amines is 1. The van der Waals surface area contributed by atoms with Gasteiger partial charge in [-0.3, -0.25) is 14.5 Å². The predicted molar refractivity (Wildman–Crippen MR) is 151 cm³/mol. The smallest absolute Gasteiger partial charge is 0.255 e. The molecule has 0 aliphatic heterocycles. The minimum Gasteiger partial charge on any atom is -0.492 e. The summed E-state index contributed by atoms with van der Waals surface area (Å²) in [5.74, 6) is 4.99. The maximum atomic E-state index is 15.0. The summed E-state index contributed by atoms with van der Waals surface area (Å²) < 4.78 is 46.8. The summed E-state index contributed by atoms with van der Waals surface area (Å²) in [6.07, 6.45) is 5.85. The topological polar surface area (TPSA) is 154 Å². The SMILES string of the molecule is COc1c(NC(=O)c2cc(F)c(C)c(N(N)/C=C(\N)c3ccc[nH+]c3)c2)cc(C(C)(C)C)cc1NS(C)(=O)=O. The van der Waals surface area contributed by atoms with E-state index in [1.54, 1.807) is 36.7 Å². The quantitative estimate of drug-likeness (QED) is 0.244. The van der Waals surface area contributed by atoms with Crippen molar-refractivity contribution in [3.63, 3.8) is 0 Å². The maximum absolute atomic E-state index is 15.0. The number of hydrogen-bond acceptors (Lipinski definition) is 7. The van der Waals surface area contributed by atoms with Crippen LogP contribution in [0.5, 0.6) is 5.75 Å². The molecule has 1 aromatic heterocycles. The Kier molecular flexibility index (Phi) is 8.51. The van der Waals surface area contributed by atoms with Gasteiger partial charge in [0, 0.05) is 23.4 Å². The third-order valence-corrected chi connectivity index (χ3v) is 6.47. The number of benzene rings is 2. The Morgan fingerprint density at radius 1 is 1.15 bits per heavy atom. The number of halogens is 1. The summed E-state index contributed by atoms with van der Waals surface area (Å²) in [6.45, 7) is 7.35. The van der Waals surface area contributed by atoms with E-state index in [1.165, 1.54) is 26.3 Å². The lowest BCUT2D eigenvalue weighted by atomic mass is 9.86. The first-order valence-corrected chi connectivity index (χ1v) is 13.8. The summed E-state index contributed by atoms with van der Waals surface area (Å²) in [7, 11) is -2.30. The van der Waals surface area contributed by atoms with Crippen molar-refractivity contribution in [3.8, 4) is 5.75 Å². The molecular weight excluding hydrogens is 523 g/mol. The lowest BCUT2D eigenvalue weighted by Gasteiger charge is -2.24. The molecule has 0 saturated carbocycles. The number of ether oxygens (including phenoxy) is 1. The minimum absolute atomic E-state index is 0.0237. The fourth-order valence-electron chi connectivity index (χ4n) is 3.78. The van der Waals surface area contributed by atoms with Crippen molar-refractivity contribution in [2.45, 2.75) is 33.1 Å². The molecule has 0 spiro atoms. The zero-order valence-electron chi connectivity index (χ0n) is 22.7. The number of sulfonamides is 1. The second-order valence-electron chi connectivity index (χ2n) is 10.1. The summed E-state index contributed by atoms with van der Waals surface area (Å²) in [4.78, 5) is 16.3. The van der Waals surface area contributed by atoms with Crippen molar-refractivity contribution >= 4 is 38.7 Å². The van der Waals surface area contributed by atoms with Crippen LogP contribution in [-0.2, 0) is 15.4 Å². The molecule has 2 aromatic carbocycles. The number of carbonyl (C=O) groups excluding carboxylic acids is 1. The van der Waals surface area contributed by atoms with E-state index in [1.807, 2.05) is 20.8 Å². The number of amides is 1. The molecule has 12 heteroatoms. The van der Waals surface area contributed by atoms with Gasteiger partial charge >= 0.3 is 0 Å². The van der Waals surface area contributed by atoms with Crippen LogP contribution >= 0.6 is 0 Å². The highest BCUT2D eigenvalue weighted by molar-refractivity contribution is 7.92. The first-order valence-electron chi connectivity index (χ1n) is 11.9. The summed E-state index contributed by atoms with van der Waals surface area (Å²) in [6, 6.07) is 9.41. The normalized spacial score (nSPS) is 12.2. The average Bonchev–Trinajstić information content (AvgIpc) is 2.84. The number of nitrogens with two attached hydrogens (primary N) is 2. The van der Waals surface area contributed by atoms with Crippen molar-refractivity contribution in [2.24, 2.45) is 11.6 Å². The average molecular weight is 558 g/mol. The van der Waals surface area contributed by atoms with Crippen LogP contribution in [0.4, 0.5) is 21.5 Å². The summed E-state index contributed by atoms with van der Waals surface area (Å²) in [5, 5.41) is 3.87. The molecule has 1 heterocycles. The van der Waals surface area contributed by atoms with Crippen LogP contribution in [-0.4, -0.2) is 27.7 Å². The van der Waals surface area contributed by atoms with E-state index >= 15 is 0 Å². The molecular formula is C27H34FN6O4S+. The van der Waals surface area contributed by atoms with E-state index in [2.05, 4.69) is 15.0 Å². The second kappa shape index (κ2) is 11.3. The number of nitrogens with zero attached hydrogens (tertiary/aromatic N) is 1. The second-order valence-corrected chi connectivity index (χ2v) is 11.8. The molecule has 1 amide bonds. The van der Waals surface area contributed by atoms with E-state index in [4.69, 9.17) is 16.3 Å². The summed E-state index contributed by atoms with van der Waals surface area (Å²) >= 11 is 0. The van der Waals surface area contributed by atoms with E-state index in [0.717, 1.165) is 22.9 Å². The number of carbonyl (C=O) groups is 1. The van der Waals surface area contributed by atoms with Gasteiger partial charge in [0.2, 0.25) is 10.0 Å². The zero-order valence-corrected chi connectivity index (χ0v) is 23.5. The number of methoxy groups -OCH3 is 1. The van der Waals surface area contributed by atoms with Crippen molar-refractivity contribution in [3.05, 3.63) is 83.1 Å². The van der Waals surface area contributed by atoms with Crippen LogP contribution < -0.4 is 36.3 Å². The van der Waals surface area contributed by atoms with E-state index < -0.39 is 27.2 Å². The monoisotopic (exact) mass is 557 g/mol. The molecule has 0 aliphatic carbocycles. The number of nitrogens with one attached hydrogen (secondary N) is 3. The van der Waals surface area contributed by atoms with Crippen molar-refractivity contribution < 1.29 is 27.3 Å². The number of hydrazine groups is 1. The number of aromatic nitrogens is 1. The zero-order chi connectivity index (χ0) is 29.1. The highest BCUT2D eigenvalue weighted by atomic mass is 32.2. The van der Waals surface area contributed by atoms with Gasteiger partial charge in [-0.05, 0) is 48.2 Å². The molecule has 39 heavy (non-hydrogen) atoms. The third-order valence-electron chi connectivity index (χ3n) is 5.88. The van der Waals surface area contributed by atoms with Crippen LogP contribution in [0.1, 0.15) is 47.8 Å². The molecule has 7 N–H and O–H groups in total. The highest BCUT2D eigenvalue weighted by Gasteiger charge is 2.23. The van der Waals surface area contributed by atoms with Crippen molar-refractivity contribution in [1.29, 1.82) is 0 Å². The minimum atomic E-state index is -3.65. The molecule has 0 saturated heterocycles. The largest absolute Gasteiger partial charge is 0.492 e. The van der Waals surface area contributed by atoms with Crippen molar-refractivity contribution in [1.82, 2.24) is 0 Å². The Bertz CT molecular complexity index is 1520. The number of H-pyrrole nitrogens is 1. The molecule has 10 nitrogen and oxygen atoms in total. The molecule has 3 rings (SSSR count). The number of hydrogen-bond donors (Lipinski definition) is 4. The van der Waals surface area contributed by atoms with E-state index in [0.29, 0.717) is 11.3 Å². The Balaban J connectivity index is 2.03. The fraction of sp³-hybridized carbons (Fsp3) is 0.259. The van der Waals surface area contributed by atoms with Gasteiger partial charge in [0.05, 0.1) is 41.7 Å². The third kappa shape index (κ3) is 7.24. The van der Waals surface area contributed by atoms with Gasteiger partial charge in [-0.15, -0.1) is 0 Å². The van der Waals surface area contributed by atoms with Crippen LogP contribution in [0.15, 0.2) is 55.0 Å². The highest BCUT2D eigenvalue weighted by Crippen LogP contribution is 2.39. The fourth-order valence-corrected chi connectivity index (χ4v) is 4.33. The first kappa shape index (κ1) is 29.4. The molecule has 208 valence electrons. The Morgan fingerprint density at radius 2 is 1.82 bits per heavy atom. The number of pyridine rings is 1. The van der Waals surface area contributed by atoms with Gasteiger partial charge in [-0.25, -0.2) is 23.6 Å². The van der Waals surface area contributed by atoms with Crippen LogP contribution in [0.3, 0.4) is 0 Å². The Hall–Kier alpha value is -4.16. The van der Waals surface area contributed by atoms with Crippen molar-refractivity contribution in [2.75, 3.05) is 28.4 Å². The van der Waals surface area contributed by atoms with Gasteiger partial charge < -0.3 is 15.8 Å². The predicted octanol–water partition coefficient (Wildman–Crippen LogP) is 3.52. The molecule has 0 unspecified atom stereocenters. The molecule has 3 aromatic rings. The lowest BCUT2D eigenvalue weighted by Crippen LogP contribution is -2.27. The molecule has 0 aliphatic rings. The summed E-state index contributed by atoms with van der Waals surface area (Å²) in [5.41, 5.74) is 8.24. The molecule has 0 radical (unpaired) electrons. The van der Waals surface area contributed by atoms with Gasteiger partial charge in [-0.2, -0.15) is 0 Å². The van der Waals surface area contributed by atoms with Gasteiger partial charge in [0.25, 0.3) is 5.91 Å². The molecule has 0 bridgehead atoms. The van der Waals surface area contributed by atoms with Crippen LogP contribution in [0.25, 0.3) is 5.70 Å². The number of rotatable bonds is 8. The molecule has 0 fully saturated rings. The first-order chi connectivity index (χ1) is 18.1. The Morgan fingerprint density at radius 3 is 2.38 bits per heavy atom. The Labute approximate surface area is 227 Å².